The molecule has 112 valence electrons. The van der Waals surface area contributed by atoms with Gasteiger partial charge >= 0.3 is 0 Å². The molecule has 0 spiro atoms. The fraction of sp³-hybridized carbons (Fsp3) is 0.429. The van der Waals surface area contributed by atoms with Gasteiger partial charge in [0.25, 0.3) is 0 Å². The number of nitrogens with zero attached hydrogens (tertiary/aromatic N) is 1. The van der Waals surface area contributed by atoms with E-state index in [1.54, 1.807) is 0 Å². The van der Waals surface area contributed by atoms with E-state index in [-0.39, 0.29) is 30.9 Å². The highest BCUT2D eigenvalue weighted by molar-refractivity contribution is 5.85. The van der Waals surface area contributed by atoms with E-state index in [4.69, 9.17) is 9.47 Å². The van der Waals surface area contributed by atoms with Crippen molar-refractivity contribution >= 4 is 24.8 Å². The Morgan fingerprint density at radius 3 is 2.65 bits per heavy atom. The first kappa shape index (κ1) is 17.1. The molecular formula is C14H20Cl2N2O2. The first-order chi connectivity index (χ1) is 8.90. The highest BCUT2D eigenvalue weighted by atomic mass is 35.5. The number of ether oxygens (including phenoxy) is 2. The summed E-state index contributed by atoms with van der Waals surface area (Å²) in [6, 6.07) is 6.26. The second kappa shape index (κ2) is 7.74. The lowest BCUT2D eigenvalue weighted by molar-refractivity contribution is 0.168. The van der Waals surface area contributed by atoms with Crippen LogP contribution in [0.15, 0.2) is 30.9 Å². The van der Waals surface area contributed by atoms with E-state index in [1.807, 2.05) is 18.2 Å². The number of hydrogen-bond acceptors (Lipinski definition) is 4. The number of para-hydroxylation sites is 1. The van der Waals surface area contributed by atoms with Crippen molar-refractivity contribution in [1.29, 1.82) is 0 Å². The van der Waals surface area contributed by atoms with Crippen molar-refractivity contribution in [3.8, 4) is 11.5 Å². The fourth-order valence-corrected chi connectivity index (χ4v) is 2.62. The number of hydrogen-bond donors (Lipinski definition) is 1. The van der Waals surface area contributed by atoms with Crippen LogP contribution in [0.2, 0.25) is 0 Å². The van der Waals surface area contributed by atoms with E-state index >= 15 is 0 Å². The third-order valence-electron chi connectivity index (χ3n) is 3.51. The summed E-state index contributed by atoms with van der Waals surface area (Å²) in [5.41, 5.74) is 1.15. The Kier molecular flexibility index (Phi) is 6.62. The maximum absolute atomic E-state index is 5.59. The Morgan fingerprint density at radius 2 is 1.95 bits per heavy atom. The van der Waals surface area contributed by atoms with E-state index in [1.165, 1.54) is 0 Å². The van der Waals surface area contributed by atoms with Gasteiger partial charge in [0.05, 0.1) is 6.04 Å². The minimum atomic E-state index is 0. The molecule has 2 aliphatic rings. The van der Waals surface area contributed by atoms with Gasteiger partial charge in [-0.2, -0.15) is 0 Å². The Hall–Kier alpha value is -0.940. The quantitative estimate of drug-likeness (QED) is 0.868. The fourth-order valence-electron chi connectivity index (χ4n) is 2.62. The molecule has 0 aliphatic carbocycles. The molecule has 0 unspecified atom stereocenters. The van der Waals surface area contributed by atoms with E-state index in [9.17, 15) is 0 Å². The van der Waals surface area contributed by atoms with Crippen molar-refractivity contribution in [2.75, 3.05) is 33.0 Å². The molecule has 1 aromatic carbocycles. The summed E-state index contributed by atoms with van der Waals surface area (Å²) >= 11 is 0. The van der Waals surface area contributed by atoms with Crippen LogP contribution in [0.4, 0.5) is 0 Å². The van der Waals surface area contributed by atoms with E-state index in [2.05, 4.69) is 22.9 Å². The van der Waals surface area contributed by atoms with Crippen molar-refractivity contribution in [2.24, 2.45) is 0 Å². The lowest BCUT2D eigenvalue weighted by Gasteiger charge is -2.33. The van der Waals surface area contributed by atoms with Crippen LogP contribution in [0.3, 0.4) is 0 Å². The normalized spacial score (nSPS) is 18.6. The summed E-state index contributed by atoms with van der Waals surface area (Å²) in [7, 11) is 0. The minimum absolute atomic E-state index is 0. The molecule has 1 aromatic rings. The van der Waals surface area contributed by atoms with Crippen molar-refractivity contribution in [3.63, 3.8) is 0 Å². The molecule has 0 aromatic heterocycles. The van der Waals surface area contributed by atoms with Crippen molar-refractivity contribution in [1.82, 2.24) is 10.2 Å². The molecule has 1 saturated heterocycles. The Balaban J connectivity index is 0.000001000. The summed E-state index contributed by atoms with van der Waals surface area (Å²) in [6.45, 7) is 8.40. The van der Waals surface area contributed by atoms with Crippen molar-refractivity contribution < 1.29 is 9.47 Å². The summed E-state index contributed by atoms with van der Waals surface area (Å²) in [5.74, 6) is 1.72. The van der Waals surface area contributed by atoms with E-state index < -0.39 is 0 Å². The summed E-state index contributed by atoms with van der Waals surface area (Å²) in [6.07, 6.45) is 1.99. The Bertz CT molecular complexity index is 451. The number of piperazine rings is 1. The van der Waals surface area contributed by atoms with Gasteiger partial charge in [-0.15, -0.1) is 31.4 Å². The van der Waals surface area contributed by atoms with Crippen LogP contribution in [0.1, 0.15) is 11.6 Å². The molecule has 0 saturated carbocycles. The number of halogens is 2. The van der Waals surface area contributed by atoms with Gasteiger partial charge in [-0.1, -0.05) is 18.2 Å². The van der Waals surface area contributed by atoms with Gasteiger partial charge in [0.1, 0.15) is 0 Å². The Labute approximate surface area is 131 Å². The topological polar surface area (TPSA) is 33.7 Å². The second-order valence-corrected chi connectivity index (χ2v) is 4.55. The van der Waals surface area contributed by atoms with Crippen LogP contribution in [-0.4, -0.2) is 37.9 Å². The molecule has 3 rings (SSSR count). The molecule has 2 aliphatic heterocycles. The van der Waals surface area contributed by atoms with Crippen LogP contribution in [0, 0.1) is 0 Å². The van der Waals surface area contributed by atoms with Gasteiger partial charge in [0, 0.05) is 31.7 Å². The zero-order valence-electron chi connectivity index (χ0n) is 11.2. The largest absolute Gasteiger partial charge is 0.454 e. The maximum Gasteiger partial charge on any atom is 0.231 e. The van der Waals surface area contributed by atoms with Gasteiger partial charge < -0.3 is 14.8 Å². The molecule has 0 amide bonds. The Morgan fingerprint density at radius 1 is 1.20 bits per heavy atom. The third kappa shape index (κ3) is 3.20. The third-order valence-corrected chi connectivity index (χ3v) is 3.51. The second-order valence-electron chi connectivity index (χ2n) is 4.55. The first-order valence-corrected chi connectivity index (χ1v) is 6.36. The highest BCUT2D eigenvalue weighted by Crippen LogP contribution is 2.40. The number of nitrogens with one attached hydrogen (secondary N) is 1. The van der Waals surface area contributed by atoms with Crippen molar-refractivity contribution in [3.05, 3.63) is 36.4 Å². The minimum Gasteiger partial charge on any atom is -0.454 e. The van der Waals surface area contributed by atoms with Gasteiger partial charge in [-0.3, -0.25) is 4.90 Å². The smallest absolute Gasteiger partial charge is 0.231 e. The predicted molar refractivity (Wildman–Crippen MR) is 84.4 cm³/mol. The zero-order valence-corrected chi connectivity index (χ0v) is 12.8. The van der Waals surface area contributed by atoms with E-state index in [0.717, 1.165) is 43.2 Å². The molecule has 0 bridgehead atoms. The van der Waals surface area contributed by atoms with Crippen molar-refractivity contribution in [2.45, 2.75) is 6.04 Å². The molecule has 2 heterocycles. The van der Waals surface area contributed by atoms with E-state index in [0.29, 0.717) is 6.79 Å². The first-order valence-electron chi connectivity index (χ1n) is 6.36. The zero-order chi connectivity index (χ0) is 12.4. The summed E-state index contributed by atoms with van der Waals surface area (Å²) in [5, 5.41) is 3.37. The molecular weight excluding hydrogens is 299 g/mol. The molecule has 4 nitrogen and oxygen atoms in total. The molecule has 1 atom stereocenters. The number of benzene rings is 1. The summed E-state index contributed by atoms with van der Waals surface area (Å²) in [4.78, 5) is 2.42. The number of rotatable bonds is 3. The maximum atomic E-state index is 5.59. The van der Waals surface area contributed by atoms with Crippen LogP contribution >= 0.6 is 24.8 Å². The van der Waals surface area contributed by atoms with Gasteiger partial charge in [-0.05, 0) is 6.07 Å². The van der Waals surface area contributed by atoms with Crippen LogP contribution in [0.5, 0.6) is 11.5 Å². The lowest BCUT2D eigenvalue weighted by atomic mass is 10.0. The molecule has 20 heavy (non-hydrogen) atoms. The summed E-state index contributed by atoms with van der Waals surface area (Å²) < 4.78 is 11.0. The molecule has 0 radical (unpaired) electrons. The molecule has 1 N–H and O–H groups in total. The van der Waals surface area contributed by atoms with Gasteiger partial charge in [0.2, 0.25) is 6.79 Å². The molecule has 6 heteroatoms. The standard InChI is InChI=1S/C14H18N2O2.2ClH/c1-2-12(16-8-6-15-7-9-16)11-4-3-5-13-14(11)18-10-17-13;;/h2-5,12,15H,1,6-10H2;2*1H/t12-;;/m0../s1. The lowest BCUT2D eigenvalue weighted by Crippen LogP contribution is -2.44. The molecule has 1 fully saturated rings. The van der Waals surface area contributed by atoms with Gasteiger partial charge in [-0.25, -0.2) is 0 Å². The van der Waals surface area contributed by atoms with Crippen LogP contribution < -0.4 is 14.8 Å². The van der Waals surface area contributed by atoms with Crippen LogP contribution in [-0.2, 0) is 0 Å². The average Bonchev–Trinajstić information content (AvgIpc) is 2.90. The average molecular weight is 319 g/mol. The SMILES string of the molecule is C=C[C@@H](c1cccc2c1OCO2)N1CCNCC1.Cl.Cl. The predicted octanol–water partition coefficient (Wildman–Crippen LogP) is 2.39. The monoisotopic (exact) mass is 318 g/mol. The van der Waals surface area contributed by atoms with Crippen LogP contribution in [0.25, 0.3) is 0 Å². The number of fused-ring (bicyclic) bond motifs is 1. The highest BCUT2D eigenvalue weighted by Gasteiger charge is 2.26. The van der Waals surface area contributed by atoms with Gasteiger partial charge in [0.15, 0.2) is 11.5 Å².